The van der Waals surface area contributed by atoms with E-state index in [1.807, 2.05) is 30.3 Å². The van der Waals surface area contributed by atoms with E-state index in [0.29, 0.717) is 17.4 Å². The van der Waals surface area contributed by atoms with E-state index >= 15 is 0 Å². The van der Waals surface area contributed by atoms with Crippen LogP contribution < -0.4 is 4.72 Å². The molecule has 0 aliphatic heterocycles. The summed E-state index contributed by atoms with van der Waals surface area (Å²) < 4.78 is 27.8. The summed E-state index contributed by atoms with van der Waals surface area (Å²) in [6.45, 7) is 0.538. The van der Waals surface area contributed by atoms with Crippen molar-refractivity contribution < 1.29 is 8.42 Å². The molecule has 3 nitrogen and oxygen atoms in total. The van der Waals surface area contributed by atoms with Gasteiger partial charge in [0.15, 0.2) is 0 Å². The molecule has 2 aromatic rings. The van der Waals surface area contributed by atoms with Crippen LogP contribution in [0.4, 0.5) is 0 Å². The molecule has 0 bridgehead atoms. The Balaban J connectivity index is 1.76. The van der Waals surface area contributed by atoms with Gasteiger partial charge in [-0.2, -0.15) is 0 Å². The van der Waals surface area contributed by atoms with Crippen molar-refractivity contribution in [1.29, 1.82) is 0 Å². The zero-order chi connectivity index (χ0) is 14.7. The minimum Gasteiger partial charge on any atom is -0.211 e. The number of hydrogen-bond donors (Lipinski definition) is 1. The van der Waals surface area contributed by atoms with E-state index in [2.05, 4.69) is 4.72 Å². The van der Waals surface area contributed by atoms with E-state index in [-0.39, 0.29) is 0 Å². The van der Waals surface area contributed by atoms with Crippen LogP contribution in [-0.2, 0) is 10.0 Å². The standard InChI is InChI=1S/C17H21NO2S/c19-21(20,18-13-12-14-6-1-2-7-14)17-11-5-9-15-8-3-4-10-16(15)17/h3-5,8-11,14,18H,1-2,6-7,12-13H2. The summed E-state index contributed by atoms with van der Waals surface area (Å²) in [5, 5.41) is 1.74. The Bertz CT molecular complexity index is 713. The fraction of sp³-hybridized carbons (Fsp3) is 0.412. The van der Waals surface area contributed by atoms with Crippen molar-refractivity contribution in [3.8, 4) is 0 Å². The first-order chi connectivity index (χ1) is 10.2. The first-order valence-corrected chi connectivity index (χ1v) is 9.12. The monoisotopic (exact) mass is 303 g/mol. The van der Waals surface area contributed by atoms with E-state index in [0.717, 1.165) is 17.2 Å². The van der Waals surface area contributed by atoms with Crippen LogP contribution in [0.25, 0.3) is 10.8 Å². The molecule has 0 aromatic heterocycles. The van der Waals surface area contributed by atoms with Crippen LogP contribution in [0.15, 0.2) is 47.4 Å². The topological polar surface area (TPSA) is 46.2 Å². The highest BCUT2D eigenvalue weighted by Gasteiger charge is 2.19. The van der Waals surface area contributed by atoms with Gasteiger partial charge in [0.2, 0.25) is 10.0 Å². The molecule has 0 saturated heterocycles. The zero-order valence-corrected chi connectivity index (χ0v) is 12.9. The molecule has 0 atom stereocenters. The van der Waals surface area contributed by atoms with Gasteiger partial charge in [-0.1, -0.05) is 62.1 Å². The molecule has 112 valence electrons. The van der Waals surface area contributed by atoms with Gasteiger partial charge in [-0.25, -0.2) is 13.1 Å². The van der Waals surface area contributed by atoms with Crippen molar-refractivity contribution in [3.63, 3.8) is 0 Å². The van der Waals surface area contributed by atoms with Crippen LogP contribution in [0.1, 0.15) is 32.1 Å². The largest absolute Gasteiger partial charge is 0.241 e. The molecule has 1 fully saturated rings. The number of nitrogens with one attached hydrogen (secondary N) is 1. The van der Waals surface area contributed by atoms with Crippen LogP contribution in [-0.4, -0.2) is 15.0 Å². The number of rotatable bonds is 5. The normalized spacial score (nSPS) is 16.6. The maximum absolute atomic E-state index is 12.5. The molecule has 1 aliphatic rings. The minimum absolute atomic E-state index is 0.382. The Kier molecular flexibility index (Phi) is 4.27. The van der Waals surface area contributed by atoms with Crippen molar-refractivity contribution >= 4 is 20.8 Å². The molecule has 1 aliphatic carbocycles. The lowest BCUT2D eigenvalue weighted by molar-refractivity contribution is 0.496. The van der Waals surface area contributed by atoms with Crippen molar-refractivity contribution in [2.24, 2.45) is 5.92 Å². The van der Waals surface area contributed by atoms with Gasteiger partial charge in [-0.05, 0) is 23.8 Å². The Hall–Kier alpha value is -1.39. The van der Waals surface area contributed by atoms with Gasteiger partial charge < -0.3 is 0 Å². The summed E-state index contributed by atoms with van der Waals surface area (Å²) in [6.07, 6.45) is 6.03. The highest BCUT2D eigenvalue weighted by Crippen LogP contribution is 2.27. The molecule has 1 N–H and O–H groups in total. The third kappa shape index (κ3) is 3.27. The molecule has 0 spiro atoms. The number of benzene rings is 2. The zero-order valence-electron chi connectivity index (χ0n) is 12.1. The third-order valence-electron chi connectivity index (χ3n) is 4.36. The molecule has 0 radical (unpaired) electrons. The highest BCUT2D eigenvalue weighted by molar-refractivity contribution is 7.89. The van der Waals surface area contributed by atoms with Gasteiger partial charge >= 0.3 is 0 Å². The first-order valence-electron chi connectivity index (χ1n) is 7.64. The van der Waals surface area contributed by atoms with Crippen molar-refractivity contribution in [2.75, 3.05) is 6.54 Å². The van der Waals surface area contributed by atoms with Gasteiger partial charge in [0, 0.05) is 11.9 Å². The lowest BCUT2D eigenvalue weighted by Gasteiger charge is -2.12. The number of hydrogen-bond acceptors (Lipinski definition) is 2. The SMILES string of the molecule is O=S(=O)(NCCC1CCCC1)c1cccc2ccccc12. The Morgan fingerprint density at radius 1 is 1.00 bits per heavy atom. The van der Waals surface area contributed by atoms with Crippen LogP contribution in [0.2, 0.25) is 0 Å². The summed E-state index contributed by atoms with van der Waals surface area (Å²) >= 11 is 0. The van der Waals surface area contributed by atoms with Gasteiger partial charge in [-0.3, -0.25) is 0 Å². The molecular formula is C17H21NO2S. The van der Waals surface area contributed by atoms with Crippen molar-refractivity contribution in [2.45, 2.75) is 37.0 Å². The minimum atomic E-state index is -3.43. The van der Waals surface area contributed by atoms with Crippen LogP contribution in [0.3, 0.4) is 0 Å². The first kappa shape index (κ1) is 14.5. The van der Waals surface area contributed by atoms with E-state index in [4.69, 9.17) is 0 Å². The van der Waals surface area contributed by atoms with Crippen molar-refractivity contribution in [1.82, 2.24) is 4.72 Å². The smallest absolute Gasteiger partial charge is 0.211 e. The lowest BCUT2D eigenvalue weighted by Crippen LogP contribution is -2.26. The second-order valence-corrected chi connectivity index (χ2v) is 7.55. The van der Waals surface area contributed by atoms with Crippen LogP contribution in [0.5, 0.6) is 0 Å². The molecule has 21 heavy (non-hydrogen) atoms. The maximum Gasteiger partial charge on any atom is 0.241 e. The second-order valence-electron chi connectivity index (χ2n) is 5.81. The lowest BCUT2D eigenvalue weighted by atomic mass is 10.1. The van der Waals surface area contributed by atoms with Crippen LogP contribution in [0, 0.1) is 5.92 Å². The summed E-state index contributed by atoms with van der Waals surface area (Å²) in [7, 11) is -3.43. The second kappa shape index (κ2) is 6.16. The van der Waals surface area contributed by atoms with Gasteiger partial charge in [0.05, 0.1) is 4.90 Å². The highest BCUT2D eigenvalue weighted by atomic mass is 32.2. The molecule has 3 rings (SSSR count). The molecular weight excluding hydrogens is 282 g/mol. The molecule has 0 amide bonds. The predicted molar refractivity (Wildman–Crippen MR) is 85.7 cm³/mol. The van der Waals surface area contributed by atoms with E-state index in [9.17, 15) is 8.42 Å². The van der Waals surface area contributed by atoms with Gasteiger partial charge in [0.1, 0.15) is 0 Å². The molecule has 1 saturated carbocycles. The Morgan fingerprint density at radius 3 is 2.52 bits per heavy atom. The van der Waals surface area contributed by atoms with Gasteiger partial charge in [-0.15, -0.1) is 0 Å². The summed E-state index contributed by atoms with van der Waals surface area (Å²) in [5.74, 6) is 0.695. The summed E-state index contributed by atoms with van der Waals surface area (Å²) in [5.41, 5.74) is 0. The predicted octanol–water partition coefficient (Wildman–Crippen LogP) is 3.70. The fourth-order valence-corrected chi connectivity index (χ4v) is 4.48. The third-order valence-corrected chi connectivity index (χ3v) is 5.88. The Labute approximate surface area is 126 Å². The number of fused-ring (bicyclic) bond motifs is 1. The van der Waals surface area contributed by atoms with Crippen molar-refractivity contribution in [3.05, 3.63) is 42.5 Å². The van der Waals surface area contributed by atoms with E-state index in [1.165, 1.54) is 25.7 Å². The molecule has 2 aromatic carbocycles. The Morgan fingerprint density at radius 2 is 1.71 bits per heavy atom. The van der Waals surface area contributed by atoms with E-state index < -0.39 is 10.0 Å². The molecule has 4 heteroatoms. The van der Waals surface area contributed by atoms with E-state index in [1.54, 1.807) is 12.1 Å². The van der Waals surface area contributed by atoms with Crippen LogP contribution >= 0.6 is 0 Å². The number of sulfonamides is 1. The van der Waals surface area contributed by atoms with Gasteiger partial charge in [0.25, 0.3) is 0 Å². The maximum atomic E-state index is 12.5. The fourth-order valence-electron chi connectivity index (χ4n) is 3.20. The average Bonchev–Trinajstić information content (AvgIpc) is 3.00. The quantitative estimate of drug-likeness (QED) is 0.915. The summed E-state index contributed by atoms with van der Waals surface area (Å²) in [6, 6.07) is 13.0. The summed E-state index contributed by atoms with van der Waals surface area (Å²) in [4.78, 5) is 0.382. The average molecular weight is 303 g/mol. The molecule has 0 heterocycles. The molecule has 0 unspecified atom stereocenters.